The minimum Gasteiger partial charge on any atom is -0.481 e. The first-order chi connectivity index (χ1) is 10.1. The molecule has 0 aromatic rings. The third-order valence-corrected chi connectivity index (χ3v) is 3.92. The lowest BCUT2D eigenvalue weighted by Crippen LogP contribution is -2.52. The maximum absolute atomic E-state index is 12.0. The van der Waals surface area contributed by atoms with E-state index in [-0.39, 0.29) is 25.0 Å². The summed E-state index contributed by atoms with van der Waals surface area (Å²) in [6, 6.07) is -0.357. The van der Waals surface area contributed by atoms with Gasteiger partial charge in [0.2, 0.25) is 5.91 Å². The molecule has 8 nitrogen and oxygen atoms in total. The van der Waals surface area contributed by atoms with E-state index >= 15 is 0 Å². The Kier molecular flexibility index (Phi) is 5.38. The topological polar surface area (TPSA) is 102 Å². The summed E-state index contributed by atoms with van der Waals surface area (Å²) >= 11 is 0. The van der Waals surface area contributed by atoms with Crippen LogP contribution in [0.5, 0.6) is 0 Å². The molecule has 0 aromatic heterocycles. The van der Waals surface area contributed by atoms with Gasteiger partial charge in [0.05, 0.1) is 12.5 Å². The summed E-state index contributed by atoms with van der Waals surface area (Å²) in [6.45, 7) is 3.56. The van der Waals surface area contributed by atoms with E-state index in [1.807, 2.05) is 0 Å². The Hall–Kier alpha value is -1.83. The Morgan fingerprint density at radius 3 is 2.52 bits per heavy atom. The van der Waals surface area contributed by atoms with Crippen molar-refractivity contribution in [1.29, 1.82) is 0 Å². The molecule has 2 fully saturated rings. The molecule has 2 rings (SSSR count). The fraction of sp³-hybridized carbons (Fsp3) is 0.769. The molecule has 2 heterocycles. The van der Waals surface area contributed by atoms with E-state index in [1.54, 1.807) is 4.90 Å². The van der Waals surface area contributed by atoms with Crippen LogP contribution < -0.4 is 10.6 Å². The van der Waals surface area contributed by atoms with Gasteiger partial charge in [0.15, 0.2) is 0 Å². The molecule has 118 valence electrons. The van der Waals surface area contributed by atoms with Crippen molar-refractivity contribution in [3.8, 4) is 0 Å². The molecule has 0 aromatic carbocycles. The number of aliphatic carboxylic acids is 1. The average molecular weight is 298 g/mol. The van der Waals surface area contributed by atoms with Crippen molar-refractivity contribution >= 4 is 17.9 Å². The fourth-order valence-corrected chi connectivity index (χ4v) is 2.65. The van der Waals surface area contributed by atoms with Crippen molar-refractivity contribution in [2.24, 2.45) is 5.92 Å². The number of urea groups is 1. The van der Waals surface area contributed by atoms with E-state index in [4.69, 9.17) is 5.11 Å². The van der Waals surface area contributed by atoms with Crippen molar-refractivity contribution < 1.29 is 19.5 Å². The molecule has 0 radical (unpaired) electrons. The highest BCUT2D eigenvalue weighted by Crippen LogP contribution is 2.16. The van der Waals surface area contributed by atoms with Crippen LogP contribution in [0.4, 0.5) is 4.79 Å². The van der Waals surface area contributed by atoms with Crippen LogP contribution in [0, 0.1) is 5.92 Å². The summed E-state index contributed by atoms with van der Waals surface area (Å²) in [5.74, 6) is -1.48. The molecule has 3 amide bonds. The number of piperazine rings is 1. The number of amides is 3. The monoisotopic (exact) mass is 298 g/mol. The minimum atomic E-state index is -0.871. The molecule has 2 saturated heterocycles. The van der Waals surface area contributed by atoms with Gasteiger partial charge in [-0.3, -0.25) is 9.59 Å². The lowest BCUT2D eigenvalue weighted by atomic mass is 9.99. The second-order valence-corrected chi connectivity index (χ2v) is 5.41. The van der Waals surface area contributed by atoms with Crippen LogP contribution in [-0.2, 0) is 9.59 Å². The highest BCUT2D eigenvalue weighted by molar-refractivity contribution is 5.84. The van der Waals surface area contributed by atoms with Gasteiger partial charge >= 0.3 is 12.0 Å². The quantitative estimate of drug-likeness (QED) is 0.615. The number of carbonyl (C=O) groups excluding carboxylic acids is 2. The third kappa shape index (κ3) is 4.32. The van der Waals surface area contributed by atoms with Crippen molar-refractivity contribution in [2.45, 2.75) is 12.8 Å². The van der Waals surface area contributed by atoms with Gasteiger partial charge < -0.3 is 25.5 Å². The maximum atomic E-state index is 12.0. The molecular formula is C13H22N4O4. The van der Waals surface area contributed by atoms with E-state index in [0.717, 1.165) is 13.1 Å². The Labute approximate surface area is 123 Å². The number of nitrogens with zero attached hydrogens (tertiary/aromatic N) is 2. The lowest BCUT2D eigenvalue weighted by Gasteiger charge is -2.31. The molecule has 21 heavy (non-hydrogen) atoms. The van der Waals surface area contributed by atoms with Gasteiger partial charge in [0, 0.05) is 39.3 Å². The summed E-state index contributed by atoms with van der Waals surface area (Å²) in [7, 11) is 0. The number of rotatable bonds is 3. The number of carboxylic acids is 1. The summed E-state index contributed by atoms with van der Waals surface area (Å²) < 4.78 is 0. The van der Waals surface area contributed by atoms with Crippen LogP contribution in [0.1, 0.15) is 12.8 Å². The largest absolute Gasteiger partial charge is 0.481 e. The molecule has 2 aliphatic rings. The maximum Gasteiger partial charge on any atom is 0.317 e. The van der Waals surface area contributed by atoms with Crippen LogP contribution in [0.3, 0.4) is 0 Å². The highest BCUT2D eigenvalue weighted by Gasteiger charge is 2.28. The molecule has 8 heteroatoms. The summed E-state index contributed by atoms with van der Waals surface area (Å²) in [4.78, 5) is 38.1. The van der Waals surface area contributed by atoms with Gasteiger partial charge in [-0.05, 0) is 12.8 Å². The van der Waals surface area contributed by atoms with E-state index in [9.17, 15) is 14.4 Å². The SMILES string of the molecule is O=C(O)[C@@H]1CCCN(C(=O)NCC(=O)N2CCNCC2)C1. The first-order valence-electron chi connectivity index (χ1n) is 7.32. The predicted octanol–water partition coefficient (Wildman–Crippen LogP) is -1.08. The number of carboxylic acid groups (broad SMARTS) is 1. The minimum absolute atomic E-state index is 0.0347. The molecule has 1 atom stereocenters. The first-order valence-corrected chi connectivity index (χ1v) is 7.32. The van der Waals surface area contributed by atoms with Gasteiger partial charge in [0.1, 0.15) is 0 Å². The standard InChI is InChI=1S/C13H22N4O4/c18-11(16-6-3-14-4-7-16)8-15-13(21)17-5-1-2-10(9-17)12(19)20/h10,14H,1-9H2,(H,15,21)(H,19,20)/t10-/m1/s1. The smallest absolute Gasteiger partial charge is 0.317 e. The summed E-state index contributed by atoms with van der Waals surface area (Å²) in [5, 5.41) is 14.7. The van der Waals surface area contributed by atoms with Crippen LogP contribution in [0.2, 0.25) is 0 Å². The van der Waals surface area contributed by atoms with Crippen LogP contribution in [0.15, 0.2) is 0 Å². The number of carbonyl (C=O) groups is 3. The zero-order valence-corrected chi connectivity index (χ0v) is 12.0. The number of likely N-dealkylation sites (tertiary alicyclic amines) is 1. The second kappa shape index (κ2) is 7.26. The van der Waals surface area contributed by atoms with Gasteiger partial charge in [-0.1, -0.05) is 0 Å². The second-order valence-electron chi connectivity index (χ2n) is 5.41. The third-order valence-electron chi connectivity index (χ3n) is 3.92. The van der Waals surface area contributed by atoms with Crippen molar-refractivity contribution in [2.75, 3.05) is 45.8 Å². The van der Waals surface area contributed by atoms with E-state index in [1.165, 1.54) is 4.90 Å². The van der Waals surface area contributed by atoms with Crippen molar-refractivity contribution in [3.05, 3.63) is 0 Å². The van der Waals surface area contributed by atoms with Crippen LogP contribution in [0.25, 0.3) is 0 Å². The molecule has 0 bridgehead atoms. The summed E-state index contributed by atoms with van der Waals surface area (Å²) in [6.07, 6.45) is 1.27. The van der Waals surface area contributed by atoms with Crippen LogP contribution in [-0.4, -0.2) is 78.6 Å². The van der Waals surface area contributed by atoms with Crippen LogP contribution >= 0.6 is 0 Å². The number of nitrogens with one attached hydrogen (secondary N) is 2. The number of piperidine rings is 1. The van der Waals surface area contributed by atoms with Gasteiger partial charge in [-0.15, -0.1) is 0 Å². The van der Waals surface area contributed by atoms with Gasteiger partial charge in [0.25, 0.3) is 0 Å². The fourth-order valence-electron chi connectivity index (χ4n) is 2.65. The molecule has 3 N–H and O–H groups in total. The highest BCUT2D eigenvalue weighted by atomic mass is 16.4. The van der Waals surface area contributed by atoms with E-state index in [2.05, 4.69) is 10.6 Å². The zero-order chi connectivity index (χ0) is 15.2. The van der Waals surface area contributed by atoms with Crippen molar-refractivity contribution in [3.63, 3.8) is 0 Å². The number of hydrogen-bond donors (Lipinski definition) is 3. The Morgan fingerprint density at radius 2 is 1.86 bits per heavy atom. The molecule has 0 spiro atoms. The van der Waals surface area contributed by atoms with E-state index in [0.29, 0.717) is 32.5 Å². The Bertz CT molecular complexity index is 409. The molecule has 2 aliphatic heterocycles. The van der Waals surface area contributed by atoms with Gasteiger partial charge in [-0.2, -0.15) is 0 Å². The molecular weight excluding hydrogens is 276 g/mol. The average Bonchev–Trinajstić information content (AvgIpc) is 2.53. The summed E-state index contributed by atoms with van der Waals surface area (Å²) in [5.41, 5.74) is 0. The molecule has 0 unspecified atom stereocenters. The molecule has 0 saturated carbocycles. The molecule has 0 aliphatic carbocycles. The Morgan fingerprint density at radius 1 is 1.14 bits per heavy atom. The lowest BCUT2D eigenvalue weighted by molar-refractivity contribution is -0.143. The first kappa shape index (κ1) is 15.6. The van der Waals surface area contributed by atoms with Gasteiger partial charge in [-0.25, -0.2) is 4.79 Å². The van der Waals surface area contributed by atoms with E-state index < -0.39 is 11.9 Å². The zero-order valence-electron chi connectivity index (χ0n) is 12.0. The Balaban J connectivity index is 1.75. The van der Waals surface area contributed by atoms with Crippen molar-refractivity contribution in [1.82, 2.24) is 20.4 Å². The normalized spacial score (nSPS) is 22.8. The predicted molar refractivity (Wildman–Crippen MR) is 74.8 cm³/mol. The number of hydrogen-bond acceptors (Lipinski definition) is 4.